The number of ether oxygens (including phenoxy) is 6. The molecule has 2 atom stereocenters. The SMILES string of the molecule is CCCCC/C=C\C/C=C\CCCCCCCC(=O)OCC(COC(=O)CCC(OCCCC1CCCCC1)OCCCC1CCCCC1)COC(=O)OCC1CCCN(CC)C1. The quantitative estimate of drug-likeness (QED) is 0.0198. The number of allylic oxidation sites excluding steroid dienone is 4. The van der Waals surface area contributed by atoms with Gasteiger partial charge in [0.05, 0.1) is 18.9 Å². The lowest BCUT2D eigenvalue weighted by Crippen LogP contribution is -2.37. The summed E-state index contributed by atoms with van der Waals surface area (Å²) in [6.45, 7) is 8.80. The van der Waals surface area contributed by atoms with Crippen LogP contribution in [0.5, 0.6) is 0 Å². The molecule has 3 aliphatic rings. The fraction of sp³-hybridized carbons (Fsp3) is 0.868. The summed E-state index contributed by atoms with van der Waals surface area (Å²) in [6, 6.07) is 0. The molecule has 10 heteroatoms. The summed E-state index contributed by atoms with van der Waals surface area (Å²) in [5.41, 5.74) is 0. The van der Waals surface area contributed by atoms with Crippen LogP contribution in [0.3, 0.4) is 0 Å². The first-order valence-electron chi connectivity index (χ1n) is 26.3. The molecule has 3 fully saturated rings. The van der Waals surface area contributed by atoms with Crippen LogP contribution in [0.1, 0.15) is 206 Å². The van der Waals surface area contributed by atoms with E-state index in [4.69, 9.17) is 28.4 Å². The molecule has 0 aromatic carbocycles. The van der Waals surface area contributed by atoms with Gasteiger partial charge < -0.3 is 33.3 Å². The predicted octanol–water partition coefficient (Wildman–Crippen LogP) is 13.2. The molecule has 0 amide bonds. The van der Waals surface area contributed by atoms with Crippen LogP contribution in [0.2, 0.25) is 0 Å². The molecular formula is C53H93NO9. The third kappa shape index (κ3) is 29.7. The lowest BCUT2D eigenvalue weighted by atomic mass is 9.86. The van der Waals surface area contributed by atoms with Crippen LogP contribution in [-0.4, -0.2) is 88.6 Å². The van der Waals surface area contributed by atoms with E-state index in [9.17, 15) is 14.4 Å². The molecule has 1 aliphatic heterocycles. The molecule has 10 nitrogen and oxygen atoms in total. The fourth-order valence-corrected chi connectivity index (χ4v) is 9.35. The van der Waals surface area contributed by atoms with Crippen molar-refractivity contribution in [2.45, 2.75) is 213 Å². The van der Waals surface area contributed by atoms with Gasteiger partial charge in [-0.25, -0.2) is 4.79 Å². The van der Waals surface area contributed by atoms with Crippen molar-refractivity contribution >= 4 is 18.1 Å². The van der Waals surface area contributed by atoms with Crippen LogP contribution in [0, 0.1) is 23.7 Å². The number of nitrogens with zero attached hydrogens (tertiary/aromatic N) is 1. The third-order valence-corrected chi connectivity index (χ3v) is 13.4. The van der Waals surface area contributed by atoms with Gasteiger partial charge in [0.15, 0.2) is 6.29 Å². The van der Waals surface area contributed by atoms with Gasteiger partial charge >= 0.3 is 18.1 Å². The topological polar surface area (TPSA) is 110 Å². The molecule has 2 aliphatic carbocycles. The second-order valence-corrected chi connectivity index (χ2v) is 19.0. The average molecular weight is 888 g/mol. The Kier molecular flexibility index (Phi) is 32.9. The molecule has 3 rings (SSSR count). The number of piperidine rings is 1. The summed E-state index contributed by atoms with van der Waals surface area (Å²) in [5.74, 6) is 0.713. The maximum absolute atomic E-state index is 13.1. The Hall–Kier alpha value is -2.43. The minimum atomic E-state index is -0.750. The zero-order valence-electron chi connectivity index (χ0n) is 40.4. The maximum Gasteiger partial charge on any atom is 0.508 e. The molecule has 0 spiro atoms. The van der Waals surface area contributed by atoms with Gasteiger partial charge in [0, 0.05) is 38.5 Å². The highest BCUT2D eigenvalue weighted by Gasteiger charge is 2.23. The zero-order valence-corrected chi connectivity index (χ0v) is 40.4. The zero-order chi connectivity index (χ0) is 44.8. The highest BCUT2D eigenvalue weighted by Crippen LogP contribution is 2.29. The van der Waals surface area contributed by atoms with E-state index in [2.05, 4.69) is 43.1 Å². The van der Waals surface area contributed by atoms with Crippen molar-refractivity contribution in [2.75, 3.05) is 59.3 Å². The van der Waals surface area contributed by atoms with E-state index in [0.29, 0.717) is 32.7 Å². The number of carbonyl (C=O) groups is 3. The van der Waals surface area contributed by atoms with Gasteiger partial charge in [0.1, 0.15) is 19.8 Å². The Morgan fingerprint density at radius 2 is 1.13 bits per heavy atom. The Labute approximate surface area is 384 Å². The highest BCUT2D eigenvalue weighted by molar-refractivity contribution is 5.69. The van der Waals surface area contributed by atoms with Gasteiger partial charge in [-0.2, -0.15) is 0 Å². The molecule has 0 aromatic heterocycles. The first-order chi connectivity index (χ1) is 30.9. The molecule has 0 bridgehead atoms. The molecule has 0 N–H and O–H groups in total. The minimum absolute atomic E-state index is 0.00935. The second-order valence-electron chi connectivity index (χ2n) is 19.0. The molecule has 2 saturated carbocycles. The van der Waals surface area contributed by atoms with E-state index in [0.717, 1.165) is 102 Å². The Morgan fingerprint density at radius 3 is 1.75 bits per heavy atom. The van der Waals surface area contributed by atoms with Gasteiger partial charge in [0.2, 0.25) is 0 Å². The number of carbonyl (C=O) groups excluding carboxylic acids is 3. The average Bonchev–Trinajstić information content (AvgIpc) is 3.31. The minimum Gasteiger partial charge on any atom is -0.465 e. The molecule has 2 unspecified atom stereocenters. The number of hydrogen-bond donors (Lipinski definition) is 0. The van der Waals surface area contributed by atoms with E-state index < -0.39 is 18.4 Å². The summed E-state index contributed by atoms with van der Waals surface area (Å²) in [5, 5.41) is 0. The van der Waals surface area contributed by atoms with Crippen LogP contribution >= 0.6 is 0 Å². The Morgan fingerprint density at radius 1 is 0.571 bits per heavy atom. The fourth-order valence-electron chi connectivity index (χ4n) is 9.35. The Balaban J connectivity index is 1.39. The van der Waals surface area contributed by atoms with E-state index in [1.807, 2.05) is 0 Å². The number of rotatable bonds is 36. The second kappa shape index (κ2) is 37.8. The van der Waals surface area contributed by atoms with Gasteiger partial charge in [-0.1, -0.05) is 134 Å². The summed E-state index contributed by atoms with van der Waals surface area (Å²) < 4.78 is 34.8. The standard InChI is InChI=1S/C53H93NO9/c1-3-5-6-7-8-9-10-11-12-13-14-15-16-17-24-35-50(55)60-43-49(45-63-53(57)62-42-48-32-25-38-54(4-2)41-48)44-61-51(56)36-37-52(58-39-26-33-46-28-20-18-21-29-46)59-40-27-34-47-30-22-19-23-31-47/h8-9,11-12,46-49,52H,3-7,10,13-45H2,1-2H3/b9-8-,12-11-. The summed E-state index contributed by atoms with van der Waals surface area (Å²) in [6.07, 6.45) is 41.0. The van der Waals surface area contributed by atoms with E-state index in [1.54, 1.807) is 0 Å². The summed E-state index contributed by atoms with van der Waals surface area (Å²) >= 11 is 0. The van der Waals surface area contributed by atoms with Crippen molar-refractivity contribution in [3.63, 3.8) is 0 Å². The van der Waals surface area contributed by atoms with Crippen LogP contribution in [0.4, 0.5) is 4.79 Å². The number of hydrogen-bond acceptors (Lipinski definition) is 10. The Bertz CT molecular complexity index is 1170. The van der Waals surface area contributed by atoms with E-state index in [1.165, 1.54) is 103 Å². The van der Waals surface area contributed by atoms with Crippen LogP contribution in [0.25, 0.3) is 0 Å². The van der Waals surface area contributed by atoms with Crippen molar-refractivity contribution in [3.05, 3.63) is 24.3 Å². The summed E-state index contributed by atoms with van der Waals surface area (Å²) in [4.78, 5) is 40.9. The van der Waals surface area contributed by atoms with Crippen molar-refractivity contribution < 1.29 is 42.8 Å². The van der Waals surface area contributed by atoms with Crippen molar-refractivity contribution in [1.82, 2.24) is 4.90 Å². The van der Waals surface area contributed by atoms with Crippen molar-refractivity contribution in [1.29, 1.82) is 0 Å². The maximum atomic E-state index is 13.1. The third-order valence-electron chi connectivity index (χ3n) is 13.4. The van der Waals surface area contributed by atoms with Gasteiger partial charge in [-0.3, -0.25) is 9.59 Å². The molecule has 0 radical (unpaired) electrons. The number of esters is 2. The lowest BCUT2D eigenvalue weighted by Gasteiger charge is -2.31. The monoisotopic (exact) mass is 888 g/mol. The van der Waals surface area contributed by atoms with E-state index in [-0.39, 0.29) is 44.1 Å². The van der Waals surface area contributed by atoms with Crippen molar-refractivity contribution in [3.8, 4) is 0 Å². The van der Waals surface area contributed by atoms with Crippen LogP contribution in [-0.2, 0) is 38.0 Å². The molecule has 63 heavy (non-hydrogen) atoms. The molecule has 1 heterocycles. The predicted molar refractivity (Wildman–Crippen MR) is 253 cm³/mol. The van der Waals surface area contributed by atoms with Crippen LogP contribution < -0.4 is 0 Å². The highest BCUT2D eigenvalue weighted by atomic mass is 16.7. The summed E-state index contributed by atoms with van der Waals surface area (Å²) in [7, 11) is 0. The molecule has 364 valence electrons. The molecule has 1 saturated heterocycles. The number of likely N-dealkylation sites (tertiary alicyclic amines) is 1. The van der Waals surface area contributed by atoms with Gasteiger partial charge in [-0.15, -0.1) is 0 Å². The number of unbranched alkanes of at least 4 members (excludes halogenated alkanes) is 8. The van der Waals surface area contributed by atoms with Crippen molar-refractivity contribution in [2.24, 2.45) is 23.7 Å². The largest absolute Gasteiger partial charge is 0.508 e. The van der Waals surface area contributed by atoms with Gasteiger partial charge in [-0.05, 0) is 102 Å². The molecular weight excluding hydrogens is 795 g/mol. The normalized spacial score (nSPS) is 18.6. The first-order valence-corrected chi connectivity index (χ1v) is 26.3. The lowest BCUT2D eigenvalue weighted by molar-refractivity contribution is -0.161. The van der Waals surface area contributed by atoms with E-state index >= 15 is 0 Å². The molecule has 0 aromatic rings. The first kappa shape index (κ1) is 54.9. The van der Waals surface area contributed by atoms with Crippen LogP contribution in [0.15, 0.2) is 24.3 Å². The van der Waals surface area contributed by atoms with Gasteiger partial charge in [0.25, 0.3) is 0 Å². The smallest absolute Gasteiger partial charge is 0.465 e.